The number of hydrogen-bond acceptors (Lipinski definition) is 6. The van der Waals surface area contributed by atoms with Crippen LogP contribution in [-0.4, -0.2) is 25.9 Å². The summed E-state index contributed by atoms with van der Waals surface area (Å²) < 4.78 is 66.3. The molecule has 0 saturated carbocycles. The van der Waals surface area contributed by atoms with Crippen molar-refractivity contribution in [1.29, 1.82) is 0 Å². The van der Waals surface area contributed by atoms with Gasteiger partial charge >= 0.3 is 59.1 Å². The van der Waals surface area contributed by atoms with E-state index in [0.29, 0.717) is 11.5 Å². The molecule has 0 fully saturated rings. The van der Waals surface area contributed by atoms with Crippen molar-refractivity contribution < 1.29 is 85.1 Å². The summed E-state index contributed by atoms with van der Waals surface area (Å²) in [5.41, 5.74) is 3.51. The van der Waals surface area contributed by atoms with Crippen molar-refractivity contribution in [2.24, 2.45) is 0 Å². The normalized spacial score (nSPS) is 11.7. The van der Waals surface area contributed by atoms with E-state index in [4.69, 9.17) is 0 Å². The Balaban J connectivity index is 0. The molecule has 0 radical (unpaired) electrons. The molecule has 6 nitrogen and oxygen atoms in total. The van der Waals surface area contributed by atoms with Gasteiger partial charge in [-0.3, -0.25) is 0 Å². The first kappa shape index (κ1) is 36.4. The summed E-state index contributed by atoms with van der Waals surface area (Å²) in [5, 5.41) is 0. The first-order valence-electron chi connectivity index (χ1n) is 10.7. The molecule has 10 heteroatoms. The summed E-state index contributed by atoms with van der Waals surface area (Å²) in [6.45, 7) is 15.7. The molecule has 0 saturated heterocycles. The maximum Gasteiger partial charge on any atom is 1.00 e. The Bertz CT molecular complexity index is 1140. The first-order chi connectivity index (χ1) is 14.5. The molecule has 0 heterocycles. The number of benzene rings is 2. The maximum atomic E-state index is 11.2. The van der Waals surface area contributed by atoms with E-state index >= 15 is 0 Å². The van der Waals surface area contributed by atoms with Gasteiger partial charge in [0.05, 0.1) is 9.79 Å². The van der Waals surface area contributed by atoms with Crippen LogP contribution in [0.15, 0.2) is 46.2 Å². The van der Waals surface area contributed by atoms with E-state index in [-0.39, 0.29) is 86.7 Å². The topological polar surface area (TPSA) is 114 Å². The molecular weight excluding hydrogens is 494 g/mol. The Morgan fingerprint density at radius 3 is 1.35 bits per heavy atom. The minimum absolute atomic E-state index is 0. The summed E-state index contributed by atoms with van der Waals surface area (Å²) in [4.78, 5) is -0.214. The second kappa shape index (κ2) is 14.9. The van der Waals surface area contributed by atoms with Crippen LogP contribution in [0.25, 0.3) is 0 Å². The monoisotopic (exact) mass is 528 g/mol. The van der Waals surface area contributed by atoms with Gasteiger partial charge in [0.15, 0.2) is 0 Å². The van der Waals surface area contributed by atoms with Crippen LogP contribution < -0.4 is 59.1 Å². The Labute approximate surface area is 250 Å². The van der Waals surface area contributed by atoms with E-state index in [2.05, 4.69) is 0 Å². The predicted octanol–water partition coefficient (Wildman–Crippen LogP) is -0.317. The first-order valence-corrected chi connectivity index (χ1v) is 13.5. The summed E-state index contributed by atoms with van der Waals surface area (Å²) in [6.07, 6.45) is 0. The van der Waals surface area contributed by atoms with Crippen molar-refractivity contribution in [1.82, 2.24) is 0 Å². The van der Waals surface area contributed by atoms with Crippen molar-refractivity contribution in [3.05, 3.63) is 58.7 Å². The van der Waals surface area contributed by atoms with Crippen LogP contribution in [0.1, 0.15) is 101 Å². The van der Waals surface area contributed by atoms with Crippen molar-refractivity contribution in [2.45, 2.75) is 88.9 Å². The van der Waals surface area contributed by atoms with E-state index in [1.807, 2.05) is 61.5 Å². The van der Waals surface area contributed by atoms with Crippen LogP contribution in [0.5, 0.6) is 0 Å². The van der Waals surface area contributed by atoms with Crippen LogP contribution in [0, 0.1) is 0 Å². The molecule has 0 atom stereocenters. The van der Waals surface area contributed by atoms with Crippen molar-refractivity contribution in [3.63, 3.8) is 0 Å². The van der Waals surface area contributed by atoms with Crippen molar-refractivity contribution in [2.75, 3.05) is 0 Å². The molecule has 2 aromatic rings. The standard InChI is InChI=1S/2C12H18O3S.2Na/c1-8(2)11-6-5-10(16(13,14)15)7-12(11)9(3)4;1-8(2)10-5-6-11(9(3)4)12(7-10)16(13,14)15;;/h2*5-9H,1-4H3,(H,13,14,15);;/q;;2*+1/p-2. The molecule has 0 bridgehead atoms. The Kier molecular flexibility index (Phi) is 15.9. The van der Waals surface area contributed by atoms with E-state index in [0.717, 1.165) is 16.7 Å². The van der Waals surface area contributed by atoms with Gasteiger partial charge in [-0.1, -0.05) is 73.6 Å². The van der Waals surface area contributed by atoms with Crippen LogP contribution in [0.3, 0.4) is 0 Å². The summed E-state index contributed by atoms with van der Waals surface area (Å²) in [5.74, 6) is 0.765. The smallest absolute Gasteiger partial charge is 0.744 e. The minimum atomic E-state index is -4.38. The molecule has 0 aromatic heterocycles. The fourth-order valence-electron chi connectivity index (χ4n) is 3.34. The van der Waals surface area contributed by atoms with Crippen LogP contribution in [0.2, 0.25) is 0 Å². The third kappa shape index (κ3) is 10.7. The fourth-order valence-corrected chi connectivity index (χ4v) is 4.72. The Morgan fingerprint density at radius 1 is 0.559 bits per heavy atom. The van der Waals surface area contributed by atoms with Gasteiger partial charge in [-0.2, -0.15) is 0 Å². The molecule has 0 aliphatic rings. The zero-order valence-corrected chi connectivity index (χ0v) is 27.7. The Morgan fingerprint density at radius 2 is 1.00 bits per heavy atom. The average molecular weight is 529 g/mol. The third-order valence-corrected chi connectivity index (χ3v) is 6.91. The van der Waals surface area contributed by atoms with E-state index in [9.17, 15) is 25.9 Å². The molecule has 2 aromatic carbocycles. The molecule has 0 N–H and O–H groups in total. The molecule has 0 aliphatic carbocycles. The summed E-state index contributed by atoms with van der Waals surface area (Å²) >= 11 is 0. The molecular formula is C24H34Na2O6S2. The minimum Gasteiger partial charge on any atom is -0.744 e. The van der Waals surface area contributed by atoms with Gasteiger partial charge in [-0.05, 0) is 64.1 Å². The average Bonchev–Trinajstić information content (AvgIpc) is 2.65. The van der Waals surface area contributed by atoms with Gasteiger partial charge in [-0.25, -0.2) is 16.8 Å². The Hall–Kier alpha value is 0.260. The molecule has 180 valence electrons. The number of rotatable bonds is 6. The van der Waals surface area contributed by atoms with Crippen molar-refractivity contribution in [3.8, 4) is 0 Å². The van der Waals surface area contributed by atoms with Crippen LogP contribution >= 0.6 is 0 Å². The van der Waals surface area contributed by atoms with Gasteiger partial charge in [0, 0.05) is 0 Å². The molecule has 0 amide bonds. The van der Waals surface area contributed by atoms with Crippen molar-refractivity contribution >= 4 is 20.2 Å². The van der Waals surface area contributed by atoms with E-state index in [1.54, 1.807) is 12.1 Å². The van der Waals surface area contributed by atoms with Crippen LogP contribution in [0.4, 0.5) is 0 Å². The second-order valence-corrected chi connectivity index (χ2v) is 11.8. The predicted molar refractivity (Wildman–Crippen MR) is 125 cm³/mol. The molecule has 0 unspecified atom stereocenters. The fraction of sp³-hybridized carbons (Fsp3) is 0.500. The third-order valence-electron chi connectivity index (χ3n) is 5.19. The maximum absolute atomic E-state index is 11.2. The van der Waals surface area contributed by atoms with Gasteiger partial charge in [0.2, 0.25) is 0 Å². The quantitative estimate of drug-likeness (QED) is 0.375. The van der Waals surface area contributed by atoms with Gasteiger partial charge in [-0.15, -0.1) is 0 Å². The summed E-state index contributed by atoms with van der Waals surface area (Å²) in [7, 11) is -8.74. The van der Waals surface area contributed by atoms with Gasteiger partial charge < -0.3 is 9.11 Å². The molecule has 0 spiro atoms. The second-order valence-electron chi connectivity index (χ2n) is 9.12. The van der Waals surface area contributed by atoms with E-state index < -0.39 is 20.2 Å². The van der Waals surface area contributed by atoms with Crippen LogP contribution in [-0.2, 0) is 20.2 Å². The zero-order valence-electron chi connectivity index (χ0n) is 22.0. The van der Waals surface area contributed by atoms with Gasteiger partial charge in [0.25, 0.3) is 0 Å². The SMILES string of the molecule is CC(C)c1ccc(C(C)C)c(S(=O)(=O)[O-])c1.CC(C)c1ccc(S(=O)(=O)[O-])cc1C(C)C.[Na+].[Na+]. The molecule has 2 rings (SSSR count). The largest absolute Gasteiger partial charge is 1.00 e. The van der Waals surface area contributed by atoms with Gasteiger partial charge in [0.1, 0.15) is 20.2 Å². The van der Waals surface area contributed by atoms with E-state index in [1.165, 1.54) is 18.2 Å². The molecule has 0 aliphatic heterocycles. The summed E-state index contributed by atoms with van der Waals surface area (Å²) in [6, 6.07) is 9.76. The number of hydrogen-bond donors (Lipinski definition) is 0. The molecule has 34 heavy (non-hydrogen) atoms. The zero-order chi connectivity index (χ0) is 25.0.